The van der Waals surface area contributed by atoms with Gasteiger partial charge in [0.15, 0.2) is 0 Å². The van der Waals surface area contributed by atoms with Crippen molar-refractivity contribution in [3.05, 3.63) is 28.6 Å². The minimum absolute atomic E-state index is 0.0327. The van der Waals surface area contributed by atoms with Crippen molar-refractivity contribution in [1.29, 1.82) is 0 Å². The second kappa shape index (κ2) is 11.5. The van der Waals surface area contributed by atoms with E-state index < -0.39 is 5.60 Å². The van der Waals surface area contributed by atoms with Crippen molar-refractivity contribution in [2.45, 2.75) is 65.0 Å². The molecule has 2 heterocycles. The van der Waals surface area contributed by atoms with Gasteiger partial charge in [-0.3, -0.25) is 0 Å². The van der Waals surface area contributed by atoms with Crippen LogP contribution in [0.2, 0.25) is 0 Å². The Morgan fingerprint density at radius 1 is 1.27 bits per heavy atom. The molecule has 30 heavy (non-hydrogen) atoms. The molecular formula is C21H34N6O3. The Morgan fingerprint density at radius 2 is 2.03 bits per heavy atom. The largest absolute Gasteiger partial charge is 0.478 e. The molecule has 1 aromatic heterocycles. The summed E-state index contributed by atoms with van der Waals surface area (Å²) in [5, 5.41) is 3.53. The smallest absolute Gasteiger partial charge is 0.410 e. The molecular weight excluding hydrogens is 384 g/mol. The summed E-state index contributed by atoms with van der Waals surface area (Å²) in [4.78, 5) is 23.7. The third-order valence-electron chi connectivity index (χ3n) is 4.75. The number of amides is 1. The Morgan fingerprint density at radius 3 is 2.73 bits per heavy atom. The average Bonchev–Trinajstić information content (AvgIpc) is 2.68. The highest BCUT2D eigenvalue weighted by Gasteiger charge is 2.31. The van der Waals surface area contributed by atoms with Crippen LogP contribution in [0.1, 0.15) is 53.4 Å². The standard InChI is InChI=1S/C21H34N6O3/c1-17-16-26(13-14-27(17)20(28)30-21(2,3)4)18-10-9-11-19(24-18)29-15-8-6-5-7-12-23-25-22/h9-11,17H,5-8,12-16H2,1-4H3/t17-/m0/s1. The summed E-state index contributed by atoms with van der Waals surface area (Å²) in [6.07, 6.45) is 3.64. The molecule has 9 heteroatoms. The number of carbonyl (C=O) groups excluding carboxylic acids is 1. The summed E-state index contributed by atoms with van der Waals surface area (Å²) < 4.78 is 11.3. The molecule has 0 aliphatic carbocycles. The molecule has 166 valence electrons. The lowest BCUT2D eigenvalue weighted by Crippen LogP contribution is -2.55. The van der Waals surface area contributed by atoms with Crippen LogP contribution < -0.4 is 9.64 Å². The maximum absolute atomic E-state index is 12.4. The summed E-state index contributed by atoms with van der Waals surface area (Å²) in [5.41, 5.74) is 7.75. The quantitative estimate of drug-likeness (QED) is 0.248. The van der Waals surface area contributed by atoms with Crippen LogP contribution in [-0.2, 0) is 4.74 Å². The normalized spacial score (nSPS) is 16.7. The van der Waals surface area contributed by atoms with E-state index in [1.165, 1.54) is 0 Å². The van der Waals surface area contributed by atoms with Gasteiger partial charge in [-0.1, -0.05) is 24.0 Å². The Labute approximate surface area is 179 Å². The first-order valence-electron chi connectivity index (χ1n) is 10.7. The van der Waals surface area contributed by atoms with E-state index in [0.29, 0.717) is 38.7 Å². The lowest BCUT2D eigenvalue weighted by Gasteiger charge is -2.40. The van der Waals surface area contributed by atoms with Gasteiger partial charge in [-0.05, 0) is 52.1 Å². The van der Waals surface area contributed by atoms with E-state index in [1.807, 2.05) is 45.9 Å². The van der Waals surface area contributed by atoms with Crippen LogP contribution in [0.3, 0.4) is 0 Å². The third kappa shape index (κ3) is 7.99. The maximum Gasteiger partial charge on any atom is 0.410 e. The van der Waals surface area contributed by atoms with Crippen molar-refractivity contribution < 1.29 is 14.3 Å². The van der Waals surface area contributed by atoms with Gasteiger partial charge in [-0.15, -0.1) is 0 Å². The highest BCUT2D eigenvalue weighted by molar-refractivity contribution is 5.69. The average molecular weight is 419 g/mol. The van der Waals surface area contributed by atoms with Gasteiger partial charge in [0.05, 0.1) is 6.61 Å². The van der Waals surface area contributed by atoms with Crippen LogP contribution in [-0.4, -0.2) is 60.4 Å². The summed E-state index contributed by atoms with van der Waals surface area (Å²) in [6, 6.07) is 5.82. The summed E-state index contributed by atoms with van der Waals surface area (Å²) in [5.74, 6) is 1.47. The lowest BCUT2D eigenvalue weighted by molar-refractivity contribution is 0.0158. The molecule has 2 rings (SSSR count). The van der Waals surface area contributed by atoms with E-state index in [-0.39, 0.29) is 12.1 Å². The summed E-state index contributed by atoms with van der Waals surface area (Å²) in [6.45, 7) is 10.8. The second-order valence-electron chi connectivity index (χ2n) is 8.52. The molecule has 1 aliphatic heterocycles. The molecule has 0 aromatic carbocycles. The first-order valence-corrected chi connectivity index (χ1v) is 10.7. The fraction of sp³-hybridized carbons (Fsp3) is 0.714. The van der Waals surface area contributed by atoms with Gasteiger partial charge in [0.25, 0.3) is 0 Å². The van der Waals surface area contributed by atoms with Gasteiger partial charge in [0, 0.05) is 43.2 Å². The predicted molar refractivity (Wildman–Crippen MR) is 117 cm³/mol. The van der Waals surface area contributed by atoms with Gasteiger partial charge < -0.3 is 19.3 Å². The topological polar surface area (TPSA) is 104 Å². The van der Waals surface area contributed by atoms with E-state index in [1.54, 1.807) is 4.90 Å². The van der Waals surface area contributed by atoms with Crippen molar-refractivity contribution in [3.8, 4) is 5.88 Å². The van der Waals surface area contributed by atoms with E-state index in [0.717, 1.165) is 31.5 Å². The molecule has 9 nitrogen and oxygen atoms in total. The zero-order valence-corrected chi connectivity index (χ0v) is 18.6. The molecule has 0 bridgehead atoms. The van der Waals surface area contributed by atoms with E-state index in [2.05, 4.69) is 19.9 Å². The minimum atomic E-state index is -0.494. The van der Waals surface area contributed by atoms with E-state index >= 15 is 0 Å². The molecule has 0 unspecified atom stereocenters. The maximum atomic E-state index is 12.4. The minimum Gasteiger partial charge on any atom is -0.478 e. The SMILES string of the molecule is C[C@H]1CN(c2cccc(OCCCCCCN=[N+]=[N-])n2)CCN1C(=O)OC(C)(C)C. The number of pyridine rings is 1. The monoisotopic (exact) mass is 418 g/mol. The molecule has 0 saturated carbocycles. The van der Waals surface area contributed by atoms with Crippen molar-refractivity contribution in [2.75, 3.05) is 37.7 Å². The molecule has 0 spiro atoms. The number of ether oxygens (including phenoxy) is 2. The number of hydrogen-bond donors (Lipinski definition) is 0. The molecule has 1 fully saturated rings. The fourth-order valence-electron chi connectivity index (χ4n) is 3.28. The molecule has 1 atom stereocenters. The third-order valence-corrected chi connectivity index (χ3v) is 4.75. The van der Waals surface area contributed by atoms with Crippen molar-refractivity contribution >= 4 is 11.9 Å². The van der Waals surface area contributed by atoms with Crippen LogP contribution in [0.15, 0.2) is 23.3 Å². The van der Waals surface area contributed by atoms with Gasteiger partial charge in [-0.2, -0.15) is 4.98 Å². The lowest BCUT2D eigenvalue weighted by atomic mass is 10.2. The van der Waals surface area contributed by atoms with Crippen LogP contribution in [0.5, 0.6) is 5.88 Å². The molecule has 1 saturated heterocycles. The Hall–Kier alpha value is -2.67. The number of carbonyl (C=O) groups is 1. The molecule has 1 amide bonds. The number of nitrogens with zero attached hydrogens (tertiary/aromatic N) is 6. The first-order chi connectivity index (χ1) is 14.3. The summed E-state index contributed by atoms with van der Waals surface area (Å²) >= 11 is 0. The fourth-order valence-corrected chi connectivity index (χ4v) is 3.28. The van der Waals surface area contributed by atoms with E-state index in [9.17, 15) is 4.79 Å². The van der Waals surface area contributed by atoms with Crippen molar-refractivity contribution in [2.24, 2.45) is 5.11 Å². The predicted octanol–water partition coefficient (Wildman–Crippen LogP) is 4.78. The zero-order chi connectivity index (χ0) is 22.0. The Balaban J connectivity index is 1.79. The number of rotatable bonds is 9. The van der Waals surface area contributed by atoms with Crippen molar-refractivity contribution in [1.82, 2.24) is 9.88 Å². The number of aromatic nitrogens is 1. The van der Waals surface area contributed by atoms with Crippen LogP contribution in [0.4, 0.5) is 10.6 Å². The van der Waals surface area contributed by atoms with Crippen LogP contribution in [0, 0.1) is 0 Å². The van der Waals surface area contributed by atoms with Gasteiger partial charge in [0.1, 0.15) is 11.4 Å². The molecule has 0 N–H and O–H groups in total. The zero-order valence-electron chi connectivity index (χ0n) is 18.6. The van der Waals surface area contributed by atoms with Gasteiger partial charge in [-0.25, -0.2) is 4.79 Å². The van der Waals surface area contributed by atoms with Gasteiger partial charge >= 0.3 is 6.09 Å². The number of hydrogen-bond acceptors (Lipinski definition) is 6. The number of azide groups is 1. The van der Waals surface area contributed by atoms with Crippen LogP contribution in [0.25, 0.3) is 10.4 Å². The molecule has 0 radical (unpaired) electrons. The summed E-state index contributed by atoms with van der Waals surface area (Å²) in [7, 11) is 0. The Bertz CT molecular complexity index is 730. The highest BCUT2D eigenvalue weighted by atomic mass is 16.6. The van der Waals surface area contributed by atoms with E-state index in [4.69, 9.17) is 15.0 Å². The van der Waals surface area contributed by atoms with Crippen LogP contribution >= 0.6 is 0 Å². The number of piperazine rings is 1. The molecule has 1 aromatic rings. The van der Waals surface area contributed by atoms with Gasteiger partial charge in [0.2, 0.25) is 5.88 Å². The second-order valence-corrected chi connectivity index (χ2v) is 8.52. The first kappa shape index (κ1) is 23.6. The Kier molecular flexibility index (Phi) is 9.05. The molecule has 1 aliphatic rings. The van der Waals surface area contributed by atoms with Crippen molar-refractivity contribution in [3.63, 3.8) is 0 Å². The number of unbranched alkanes of at least 4 members (excludes halogenated alkanes) is 3. The highest BCUT2D eigenvalue weighted by Crippen LogP contribution is 2.21. The number of anilines is 1.